The van der Waals surface area contributed by atoms with Crippen molar-refractivity contribution >= 4 is 0 Å². The standard InChI is InChI=1S/C35H59N4O/c40-39(31-21-17-13-9-5-1-2-6-10-14-18-24-34-26-22-28-36-32-34)38-30-20-16-12-8-4-3-7-11-15-19-25-35-27-23-29-37-33-35/h22-23,26-29,32-33H,1-21,24-25,30-31H2,(H,38,40)/q+1. The van der Waals surface area contributed by atoms with Crippen LogP contribution in [0.2, 0.25) is 0 Å². The van der Waals surface area contributed by atoms with E-state index in [2.05, 4.69) is 27.5 Å². The lowest BCUT2D eigenvalue weighted by Gasteiger charge is -2.04. The monoisotopic (exact) mass is 551 g/mol. The third-order valence-electron chi connectivity index (χ3n) is 7.95. The molecular weight excluding hydrogens is 492 g/mol. The van der Waals surface area contributed by atoms with Crippen molar-refractivity contribution in [3.8, 4) is 0 Å². The van der Waals surface area contributed by atoms with E-state index in [1.165, 1.54) is 146 Å². The van der Waals surface area contributed by atoms with Gasteiger partial charge in [0, 0.05) is 31.2 Å². The lowest BCUT2D eigenvalue weighted by atomic mass is 10.0. The smallest absolute Gasteiger partial charge is 0.225 e. The number of rotatable bonds is 28. The molecule has 5 nitrogen and oxygen atoms in total. The normalized spacial score (nSPS) is 11.1. The van der Waals surface area contributed by atoms with Crippen molar-refractivity contribution in [2.75, 3.05) is 13.1 Å². The van der Waals surface area contributed by atoms with Gasteiger partial charge in [0.25, 0.3) is 0 Å². The minimum Gasteiger partial charge on any atom is -0.264 e. The Labute approximate surface area is 245 Å². The van der Waals surface area contributed by atoms with E-state index in [1.807, 2.05) is 36.9 Å². The van der Waals surface area contributed by atoms with Gasteiger partial charge in [0.2, 0.25) is 6.54 Å². The summed E-state index contributed by atoms with van der Waals surface area (Å²) in [7, 11) is 0. The number of hydrogen-bond acceptors (Lipinski definition) is 3. The van der Waals surface area contributed by atoms with Crippen LogP contribution < -0.4 is 5.43 Å². The van der Waals surface area contributed by atoms with Crippen LogP contribution in [0.15, 0.2) is 49.1 Å². The predicted octanol–water partition coefficient (Wildman–Crippen LogP) is 9.74. The van der Waals surface area contributed by atoms with Crippen molar-refractivity contribution in [1.82, 2.24) is 15.4 Å². The second-order valence-electron chi connectivity index (χ2n) is 11.7. The zero-order chi connectivity index (χ0) is 28.2. The zero-order valence-corrected chi connectivity index (χ0v) is 25.5. The summed E-state index contributed by atoms with van der Waals surface area (Å²) < 4.78 is 0. The van der Waals surface area contributed by atoms with Gasteiger partial charge in [0.05, 0.1) is 11.5 Å². The first-order chi connectivity index (χ1) is 19.8. The fourth-order valence-electron chi connectivity index (χ4n) is 5.42. The number of aryl methyl sites for hydroxylation is 2. The van der Waals surface area contributed by atoms with Crippen molar-refractivity contribution in [3.05, 3.63) is 65.1 Å². The maximum absolute atomic E-state index is 12.0. The number of nitroso groups, excluding NO2 is 1. The van der Waals surface area contributed by atoms with Crippen LogP contribution in [0, 0.1) is 4.91 Å². The van der Waals surface area contributed by atoms with E-state index in [0.29, 0.717) is 6.54 Å². The zero-order valence-electron chi connectivity index (χ0n) is 25.5. The third-order valence-corrected chi connectivity index (χ3v) is 7.95. The molecule has 0 aromatic carbocycles. The van der Waals surface area contributed by atoms with E-state index in [-0.39, 0.29) is 0 Å². The molecule has 40 heavy (non-hydrogen) atoms. The highest BCUT2D eigenvalue weighted by Gasteiger charge is 2.06. The molecule has 0 radical (unpaired) electrons. The highest BCUT2D eigenvalue weighted by molar-refractivity contribution is 5.08. The van der Waals surface area contributed by atoms with Gasteiger partial charge in [0.1, 0.15) is 4.87 Å². The van der Waals surface area contributed by atoms with Crippen LogP contribution in [0.3, 0.4) is 0 Å². The van der Waals surface area contributed by atoms with E-state index in [1.54, 1.807) is 0 Å². The Morgan fingerprint density at radius 3 is 1.27 bits per heavy atom. The Morgan fingerprint density at radius 1 is 0.500 bits per heavy atom. The van der Waals surface area contributed by atoms with Gasteiger partial charge in [-0.05, 0) is 61.8 Å². The van der Waals surface area contributed by atoms with E-state index >= 15 is 0 Å². The summed E-state index contributed by atoms with van der Waals surface area (Å²) in [6, 6.07) is 8.42. The SMILES string of the molecule is O=[N+](CCCCCCCCCCCCCc1cccnc1)NCCCCCCCCCCCCc1cccnc1. The Morgan fingerprint density at radius 2 is 0.875 bits per heavy atom. The van der Waals surface area contributed by atoms with Crippen molar-refractivity contribution in [2.24, 2.45) is 0 Å². The Hall–Kier alpha value is -2.30. The van der Waals surface area contributed by atoms with Gasteiger partial charge in [-0.25, -0.2) is 0 Å². The first-order valence-electron chi connectivity index (χ1n) is 16.8. The van der Waals surface area contributed by atoms with Gasteiger partial charge in [-0.15, -0.1) is 0 Å². The molecule has 0 aliphatic heterocycles. The molecule has 1 N–H and O–H groups in total. The lowest BCUT2D eigenvalue weighted by molar-refractivity contribution is -0.607. The molecule has 2 aromatic heterocycles. The molecular formula is C35H59N4O+. The van der Waals surface area contributed by atoms with Gasteiger partial charge >= 0.3 is 0 Å². The number of nitrogens with zero attached hydrogens (tertiary/aromatic N) is 3. The average molecular weight is 552 g/mol. The predicted molar refractivity (Wildman–Crippen MR) is 169 cm³/mol. The molecule has 0 spiro atoms. The summed E-state index contributed by atoms with van der Waals surface area (Å²) in [5.74, 6) is 0. The average Bonchev–Trinajstić information content (AvgIpc) is 2.99. The molecule has 0 fully saturated rings. The van der Waals surface area contributed by atoms with Crippen LogP contribution in [-0.4, -0.2) is 27.9 Å². The fraction of sp³-hybridized carbons (Fsp3) is 0.714. The summed E-state index contributed by atoms with van der Waals surface area (Å²) in [4.78, 5) is 21.4. The number of hydrazine groups is 1. The molecule has 2 rings (SSSR count). The topological polar surface area (TPSA) is 57.9 Å². The maximum Gasteiger partial charge on any atom is 0.225 e. The van der Waals surface area contributed by atoms with Gasteiger partial charge in [-0.3, -0.25) is 9.97 Å². The number of nitrogens with one attached hydrogen (secondary N) is 1. The number of unbranched alkanes of at least 4 members (excludes halogenated alkanes) is 19. The van der Waals surface area contributed by atoms with Crippen LogP contribution in [0.1, 0.15) is 146 Å². The Balaban J connectivity index is 1.20. The van der Waals surface area contributed by atoms with E-state index in [0.717, 1.165) is 24.3 Å². The van der Waals surface area contributed by atoms with Gasteiger partial charge < -0.3 is 0 Å². The van der Waals surface area contributed by atoms with Crippen molar-refractivity contribution < 1.29 is 4.87 Å². The molecule has 0 atom stereocenters. The third kappa shape index (κ3) is 20.6. The highest BCUT2D eigenvalue weighted by atomic mass is 16.3. The van der Waals surface area contributed by atoms with Gasteiger partial charge in [-0.1, -0.05) is 115 Å². The minimum atomic E-state index is 0.626. The highest BCUT2D eigenvalue weighted by Crippen LogP contribution is 2.14. The summed E-state index contributed by atoms with van der Waals surface area (Å²) >= 11 is 0. The Kier molecular flexibility index (Phi) is 21.7. The summed E-state index contributed by atoms with van der Waals surface area (Å²) in [5.41, 5.74) is 5.78. The first kappa shape index (κ1) is 33.9. The van der Waals surface area contributed by atoms with E-state index < -0.39 is 0 Å². The number of pyridine rings is 2. The molecule has 2 heterocycles. The molecule has 0 saturated heterocycles. The summed E-state index contributed by atoms with van der Waals surface area (Å²) in [5, 5.41) is 0. The van der Waals surface area contributed by atoms with Crippen LogP contribution >= 0.6 is 0 Å². The van der Waals surface area contributed by atoms with Crippen molar-refractivity contribution in [1.29, 1.82) is 0 Å². The molecule has 0 aliphatic rings. The van der Waals surface area contributed by atoms with E-state index in [4.69, 9.17) is 0 Å². The van der Waals surface area contributed by atoms with Crippen LogP contribution in [0.5, 0.6) is 0 Å². The lowest BCUT2D eigenvalue weighted by Crippen LogP contribution is -2.28. The van der Waals surface area contributed by atoms with Gasteiger partial charge in [0.15, 0.2) is 0 Å². The quantitative estimate of drug-likeness (QED) is 0.0649. The molecule has 5 heteroatoms. The largest absolute Gasteiger partial charge is 0.264 e. The Bertz CT molecular complexity index is 747. The second-order valence-corrected chi connectivity index (χ2v) is 11.7. The summed E-state index contributed by atoms with van der Waals surface area (Å²) in [6.07, 6.45) is 37.3. The second kappa shape index (κ2) is 25.7. The van der Waals surface area contributed by atoms with Gasteiger partial charge in [-0.2, -0.15) is 5.43 Å². The van der Waals surface area contributed by atoms with Crippen LogP contribution in [-0.2, 0) is 12.8 Å². The van der Waals surface area contributed by atoms with Crippen molar-refractivity contribution in [3.63, 3.8) is 0 Å². The maximum atomic E-state index is 12.0. The molecule has 224 valence electrons. The molecule has 0 saturated carbocycles. The molecule has 2 aromatic rings. The number of hydrogen-bond donors (Lipinski definition) is 1. The fourth-order valence-corrected chi connectivity index (χ4v) is 5.42. The van der Waals surface area contributed by atoms with E-state index in [9.17, 15) is 4.91 Å². The molecule has 0 unspecified atom stereocenters. The molecule has 0 aliphatic carbocycles. The summed E-state index contributed by atoms with van der Waals surface area (Å²) in [6.45, 7) is 1.45. The first-order valence-corrected chi connectivity index (χ1v) is 16.8. The molecule has 0 amide bonds. The molecule has 0 bridgehead atoms. The number of aromatic nitrogens is 2. The minimum absolute atomic E-state index is 0.626. The van der Waals surface area contributed by atoms with Crippen molar-refractivity contribution in [2.45, 2.75) is 148 Å². The van der Waals surface area contributed by atoms with Crippen LogP contribution in [0.4, 0.5) is 0 Å². The van der Waals surface area contributed by atoms with Crippen LogP contribution in [0.25, 0.3) is 0 Å².